The highest BCUT2D eigenvalue weighted by molar-refractivity contribution is 5.92. The fourth-order valence-electron chi connectivity index (χ4n) is 3.34. The van der Waals surface area contributed by atoms with Crippen LogP contribution in [0.5, 0.6) is 0 Å². The van der Waals surface area contributed by atoms with Crippen molar-refractivity contribution < 1.29 is 18.7 Å². The van der Waals surface area contributed by atoms with E-state index in [-0.39, 0.29) is 23.7 Å². The maximum atomic E-state index is 13.3. The maximum Gasteiger partial charge on any atom is 0.244 e. The van der Waals surface area contributed by atoms with Crippen LogP contribution in [0.2, 0.25) is 0 Å². The molecule has 6 nitrogen and oxygen atoms in total. The van der Waals surface area contributed by atoms with E-state index in [9.17, 15) is 14.0 Å². The van der Waals surface area contributed by atoms with Gasteiger partial charge in [0.15, 0.2) is 0 Å². The summed E-state index contributed by atoms with van der Waals surface area (Å²) in [4.78, 5) is 25.6. The van der Waals surface area contributed by atoms with Crippen molar-refractivity contribution in [3.05, 3.63) is 71.6 Å². The van der Waals surface area contributed by atoms with Gasteiger partial charge in [-0.3, -0.25) is 14.5 Å². The van der Waals surface area contributed by atoms with Crippen molar-refractivity contribution in [1.29, 1.82) is 0 Å². The Balaban J connectivity index is 1.60. The maximum absolute atomic E-state index is 13.3. The van der Waals surface area contributed by atoms with Crippen molar-refractivity contribution in [3.63, 3.8) is 0 Å². The Morgan fingerprint density at radius 3 is 2.40 bits per heavy atom. The van der Waals surface area contributed by atoms with Crippen LogP contribution in [0.25, 0.3) is 6.08 Å². The van der Waals surface area contributed by atoms with Crippen LogP contribution < -0.4 is 10.6 Å². The van der Waals surface area contributed by atoms with E-state index >= 15 is 0 Å². The summed E-state index contributed by atoms with van der Waals surface area (Å²) in [5, 5.41) is 5.64. The highest BCUT2D eigenvalue weighted by atomic mass is 19.1. The van der Waals surface area contributed by atoms with Crippen molar-refractivity contribution in [2.45, 2.75) is 13.0 Å². The second-order valence-corrected chi connectivity index (χ2v) is 7.10. The van der Waals surface area contributed by atoms with Crippen molar-refractivity contribution in [2.75, 3.05) is 38.2 Å². The van der Waals surface area contributed by atoms with Gasteiger partial charge in [0.25, 0.3) is 0 Å². The summed E-state index contributed by atoms with van der Waals surface area (Å²) in [6.45, 7) is 4.66. The molecule has 7 heteroatoms. The molecule has 1 fully saturated rings. The molecule has 1 atom stereocenters. The topological polar surface area (TPSA) is 70.7 Å². The monoisotopic (exact) mass is 411 g/mol. The number of benzene rings is 2. The smallest absolute Gasteiger partial charge is 0.244 e. The third kappa shape index (κ3) is 6.50. The first-order chi connectivity index (χ1) is 14.5. The lowest BCUT2D eigenvalue weighted by molar-refractivity contribution is -0.117. The molecular weight excluding hydrogens is 385 g/mol. The van der Waals surface area contributed by atoms with E-state index in [4.69, 9.17) is 4.74 Å². The minimum atomic E-state index is -0.282. The Morgan fingerprint density at radius 2 is 1.77 bits per heavy atom. The quantitative estimate of drug-likeness (QED) is 0.688. The number of morpholine rings is 1. The minimum Gasteiger partial charge on any atom is -0.379 e. The Morgan fingerprint density at radius 1 is 1.10 bits per heavy atom. The molecule has 30 heavy (non-hydrogen) atoms. The van der Waals surface area contributed by atoms with Gasteiger partial charge < -0.3 is 15.4 Å². The fraction of sp³-hybridized carbons (Fsp3) is 0.304. The van der Waals surface area contributed by atoms with Crippen LogP contribution in [0.3, 0.4) is 0 Å². The first-order valence-corrected chi connectivity index (χ1v) is 9.92. The van der Waals surface area contributed by atoms with Gasteiger partial charge in [-0.2, -0.15) is 0 Å². The Bertz CT molecular complexity index is 876. The number of carbonyl (C=O) groups excluding carboxylic acids is 2. The molecule has 2 N–H and O–H groups in total. The normalized spacial score (nSPS) is 15.7. The Hall–Kier alpha value is -3.03. The van der Waals surface area contributed by atoms with Crippen LogP contribution in [0.4, 0.5) is 10.1 Å². The Labute approximate surface area is 175 Å². The zero-order chi connectivity index (χ0) is 21.3. The molecule has 1 aliphatic heterocycles. The van der Waals surface area contributed by atoms with E-state index in [2.05, 4.69) is 15.5 Å². The first-order valence-electron chi connectivity index (χ1n) is 9.92. The van der Waals surface area contributed by atoms with Crippen molar-refractivity contribution in [2.24, 2.45) is 0 Å². The predicted molar refractivity (Wildman–Crippen MR) is 114 cm³/mol. The second kappa shape index (κ2) is 10.7. The SMILES string of the molecule is CC(=O)Nc1ccc(/C=C/C(=O)NCC(c2ccc(F)cc2)N2CCOCC2)cc1. The molecule has 0 aromatic heterocycles. The van der Waals surface area contributed by atoms with E-state index in [1.807, 2.05) is 12.1 Å². The van der Waals surface area contributed by atoms with E-state index in [0.717, 1.165) is 24.2 Å². The van der Waals surface area contributed by atoms with E-state index in [1.54, 1.807) is 30.3 Å². The molecule has 2 aromatic rings. The lowest BCUT2D eigenvalue weighted by atomic mass is 10.0. The largest absolute Gasteiger partial charge is 0.379 e. The van der Waals surface area contributed by atoms with Gasteiger partial charge in [0.05, 0.1) is 19.3 Å². The minimum absolute atomic E-state index is 0.0520. The summed E-state index contributed by atoms with van der Waals surface area (Å²) in [6.07, 6.45) is 3.20. The number of hydrogen-bond donors (Lipinski definition) is 2. The van der Waals surface area contributed by atoms with Gasteiger partial charge in [-0.25, -0.2) is 4.39 Å². The number of rotatable bonds is 7. The van der Waals surface area contributed by atoms with E-state index < -0.39 is 0 Å². The molecule has 1 heterocycles. The van der Waals surface area contributed by atoms with Crippen LogP contribution in [-0.2, 0) is 14.3 Å². The fourth-order valence-corrected chi connectivity index (χ4v) is 3.34. The van der Waals surface area contributed by atoms with Crippen molar-refractivity contribution in [1.82, 2.24) is 10.2 Å². The van der Waals surface area contributed by atoms with Crippen LogP contribution in [-0.4, -0.2) is 49.6 Å². The number of halogens is 1. The third-order valence-corrected chi connectivity index (χ3v) is 4.87. The standard InChI is InChI=1S/C23H26FN3O3/c1-17(28)26-21-9-2-18(3-10-21)4-11-23(29)25-16-22(27-12-14-30-15-13-27)19-5-7-20(24)8-6-19/h2-11,22H,12-16H2,1H3,(H,25,29)(H,26,28)/b11-4+. The molecule has 0 bridgehead atoms. The van der Waals surface area contributed by atoms with Crippen LogP contribution in [0.15, 0.2) is 54.6 Å². The Kier molecular flexibility index (Phi) is 7.70. The molecule has 1 unspecified atom stereocenters. The molecular formula is C23H26FN3O3. The molecule has 0 spiro atoms. The molecule has 1 aliphatic rings. The summed E-state index contributed by atoms with van der Waals surface area (Å²) in [7, 11) is 0. The van der Waals surface area contributed by atoms with Crippen molar-refractivity contribution in [3.8, 4) is 0 Å². The number of nitrogens with zero attached hydrogens (tertiary/aromatic N) is 1. The summed E-state index contributed by atoms with van der Waals surface area (Å²) >= 11 is 0. The molecule has 1 saturated heterocycles. The first kappa shape index (κ1) is 21.7. The third-order valence-electron chi connectivity index (χ3n) is 4.87. The highest BCUT2D eigenvalue weighted by Gasteiger charge is 2.23. The molecule has 2 aromatic carbocycles. The zero-order valence-electron chi connectivity index (χ0n) is 16.9. The molecule has 2 amide bonds. The molecule has 0 saturated carbocycles. The summed E-state index contributed by atoms with van der Waals surface area (Å²) in [5.41, 5.74) is 2.51. The molecule has 0 radical (unpaired) electrons. The van der Waals surface area contributed by atoms with Gasteiger partial charge >= 0.3 is 0 Å². The second-order valence-electron chi connectivity index (χ2n) is 7.10. The summed E-state index contributed by atoms with van der Waals surface area (Å²) in [5.74, 6) is -0.620. The number of nitrogens with one attached hydrogen (secondary N) is 2. The van der Waals surface area contributed by atoms with Crippen LogP contribution in [0, 0.1) is 5.82 Å². The number of carbonyl (C=O) groups is 2. The van der Waals surface area contributed by atoms with Gasteiger partial charge in [0.2, 0.25) is 11.8 Å². The van der Waals surface area contributed by atoms with Crippen LogP contribution in [0.1, 0.15) is 24.1 Å². The number of ether oxygens (including phenoxy) is 1. The lowest BCUT2D eigenvalue weighted by Crippen LogP contribution is -2.43. The number of hydrogen-bond acceptors (Lipinski definition) is 4. The van der Waals surface area contributed by atoms with Gasteiger partial charge in [0.1, 0.15) is 5.82 Å². The van der Waals surface area contributed by atoms with Gasteiger partial charge in [-0.15, -0.1) is 0 Å². The predicted octanol–water partition coefficient (Wildman–Crippen LogP) is 2.99. The summed E-state index contributed by atoms with van der Waals surface area (Å²) < 4.78 is 18.7. The average Bonchev–Trinajstić information content (AvgIpc) is 2.75. The molecule has 0 aliphatic carbocycles. The van der Waals surface area contributed by atoms with E-state index in [1.165, 1.54) is 25.1 Å². The number of anilines is 1. The van der Waals surface area contributed by atoms with Gasteiger partial charge in [-0.05, 0) is 41.5 Å². The number of amides is 2. The average molecular weight is 411 g/mol. The van der Waals surface area contributed by atoms with Gasteiger partial charge in [-0.1, -0.05) is 24.3 Å². The van der Waals surface area contributed by atoms with E-state index in [0.29, 0.717) is 25.4 Å². The molecule has 3 rings (SSSR count). The zero-order valence-corrected chi connectivity index (χ0v) is 16.9. The van der Waals surface area contributed by atoms with Gasteiger partial charge in [0, 0.05) is 38.3 Å². The van der Waals surface area contributed by atoms with Crippen LogP contribution >= 0.6 is 0 Å². The lowest BCUT2D eigenvalue weighted by Gasteiger charge is -2.34. The summed E-state index contributed by atoms with van der Waals surface area (Å²) in [6, 6.07) is 13.5. The highest BCUT2D eigenvalue weighted by Crippen LogP contribution is 2.21. The van der Waals surface area contributed by atoms with Crippen molar-refractivity contribution >= 4 is 23.6 Å². The molecule has 158 valence electrons.